The van der Waals surface area contributed by atoms with Gasteiger partial charge < -0.3 is 44.6 Å². The van der Waals surface area contributed by atoms with Crippen molar-refractivity contribution in [3.05, 3.63) is 95.3 Å². The van der Waals surface area contributed by atoms with Crippen molar-refractivity contribution in [1.82, 2.24) is 40.4 Å². The first-order valence-electron chi connectivity index (χ1n) is 21.7. The zero-order valence-electron chi connectivity index (χ0n) is 35.0. The monoisotopic (exact) mass is 838 g/mol. The predicted molar refractivity (Wildman–Crippen MR) is 227 cm³/mol. The van der Waals surface area contributed by atoms with Gasteiger partial charge in [0.1, 0.15) is 48.4 Å². The maximum Gasteiger partial charge on any atom is 0.407 e. The summed E-state index contributed by atoms with van der Waals surface area (Å²) in [5.74, 6) is 2.45. The van der Waals surface area contributed by atoms with Crippen LogP contribution >= 0.6 is 0 Å². The molecular weight excluding hydrogens is 789 g/mol. The minimum atomic E-state index is -0.756. The third kappa shape index (κ3) is 7.22. The quantitative estimate of drug-likeness (QED) is 0.110. The molecule has 15 nitrogen and oxygen atoms in total. The molecule has 0 unspecified atom stereocenters. The first-order valence-corrected chi connectivity index (χ1v) is 21.7. The number of hydrogen-bond donors (Lipinski definition) is 4. The molecule has 2 aromatic heterocycles. The largest absolute Gasteiger partial charge is 0.488 e. The average molecular weight is 839 g/mol. The SMILES string of the molecule is COC(=O)N[C@H](C(=O)N1CCC[C@H]1c1ncc(-c2cc3c4c(c2)OCc2cc(-c5cnc([C@@H]6CCCN6C(=O)[C@H](NC(=O)C6CC6)c6ccccc6)[nH]5)cc(c2-4)OC3)[nH]1)C(C)C. The Kier molecular flexibility index (Phi) is 10.2. The first kappa shape index (κ1) is 39.5. The number of methoxy groups -OCH3 is 1. The van der Waals surface area contributed by atoms with Crippen LogP contribution in [-0.4, -0.2) is 79.8 Å². The molecule has 4 amide bonds. The Labute approximate surface area is 358 Å². The standard InChI is InChI=1S/C47H50N8O7/c1-25(2)40(53-47(59)60-3)45(57)54-15-7-11-34(54)42-48-21-32(50-42)28-17-30-23-62-37-20-29(18-31-24-61-36(19-28)38(30)39(31)37)33-22-49-43(51-33)35-12-8-16-55(35)46(58)41(26-9-5-4-6-10-26)52-44(56)27-13-14-27/h4-6,9-10,17-22,25,27,34-35,40-41H,7-8,11-16,23-24H2,1-3H3,(H,48,50)(H,49,51)(H,52,56)(H,53,59)/t34-,35-,40-,41+/m0/s1. The van der Waals surface area contributed by atoms with Crippen LogP contribution in [0.3, 0.4) is 0 Å². The number of imidazole rings is 2. The van der Waals surface area contributed by atoms with Crippen molar-refractivity contribution in [1.29, 1.82) is 0 Å². The fraction of sp³-hybridized carbons (Fsp3) is 0.404. The molecule has 6 heterocycles. The number of aromatic amines is 2. The second-order valence-electron chi connectivity index (χ2n) is 17.3. The van der Waals surface area contributed by atoms with Crippen LogP contribution in [0.5, 0.6) is 11.5 Å². The van der Waals surface area contributed by atoms with Gasteiger partial charge in [-0.1, -0.05) is 44.2 Å². The number of alkyl carbamates (subject to hydrolysis) is 1. The van der Waals surface area contributed by atoms with Crippen LogP contribution in [0.15, 0.2) is 67.0 Å². The van der Waals surface area contributed by atoms with Crippen molar-refractivity contribution >= 4 is 23.8 Å². The molecule has 0 spiro atoms. The molecule has 5 aliphatic rings. The Morgan fingerprint density at radius 1 is 0.742 bits per heavy atom. The summed E-state index contributed by atoms with van der Waals surface area (Å²) in [4.78, 5) is 73.1. The molecule has 0 bridgehead atoms. The van der Waals surface area contributed by atoms with Crippen LogP contribution in [0, 0.1) is 11.8 Å². The Morgan fingerprint density at radius 3 is 1.81 bits per heavy atom. The first-order chi connectivity index (χ1) is 30.1. The number of aromatic nitrogens is 4. The minimum absolute atomic E-state index is 0.0149. The molecule has 4 aliphatic heterocycles. The van der Waals surface area contributed by atoms with Crippen molar-refractivity contribution in [2.75, 3.05) is 20.2 Å². The lowest BCUT2D eigenvalue weighted by molar-refractivity contribution is -0.138. The lowest BCUT2D eigenvalue weighted by Crippen LogP contribution is -2.51. The summed E-state index contributed by atoms with van der Waals surface area (Å²) in [6.45, 7) is 5.64. The minimum Gasteiger partial charge on any atom is -0.488 e. The maximum atomic E-state index is 14.2. The van der Waals surface area contributed by atoms with E-state index in [1.807, 2.05) is 67.4 Å². The van der Waals surface area contributed by atoms with Crippen molar-refractivity contribution in [2.24, 2.45) is 11.8 Å². The third-order valence-electron chi connectivity index (χ3n) is 12.9. The number of ether oxygens (including phenoxy) is 3. The van der Waals surface area contributed by atoms with E-state index >= 15 is 0 Å². The number of carbonyl (C=O) groups excluding carboxylic acids is 4. The summed E-state index contributed by atoms with van der Waals surface area (Å²) in [7, 11) is 1.29. The summed E-state index contributed by atoms with van der Waals surface area (Å²) >= 11 is 0. The zero-order valence-corrected chi connectivity index (χ0v) is 35.0. The molecular formula is C47H50N8O7. The molecule has 5 aromatic rings. The fourth-order valence-corrected chi connectivity index (χ4v) is 9.51. The second-order valence-corrected chi connectivity index (χ2v) is 17.3. The van der Waals surface area contributed by atoms with E-state index in [0.717, 1.165) is 100 Å². The number of carbonyl (C=O) groups is 4. The lowest BCUT2D eigenvalue weighted by atomic mass is 9.87. The molecule has 15 heteroatoms. The van der Waals surface area contributed by atoms with E-state index in [1.54, 1.807) is 11.1 Å². The van der Waals surface area contributed by atoms with Crippen LogP contribution < -0.4 is 20.1 Å². The fourth-order valence-electron chi connectivity index (χ4n) is 9.51. The maximum absolute atomic E-state index is 14.2. The van der Waals surface area contributed by atoms with Gasteiger partial charge in [-0.05, 0) is 74.3 Å². The predicted octanol–water partition coefficient (Wildman–Crippen LogP) is 6.89. The zero-order chi connectivity index (χ0) is 42.6. The van der Waals surface area contributed by atoms with Gasteiger partial charge in [0, 0.05) is 52.4 Å². The summed E-state index contributed by atoms with van der Waals surface area (Å²) < 4.78 is 17.7. The Morgan fingerprint density at radius 2 is 1.29 bits per heavy atom. The summed E-state index contributed by atoms with van der Waals surface area (Å²) in [6, 6.07) is 15.8. The number of amides is 4. The highest BCUT2D eigenvalue weighted by molar-refractivity contribution is 5.91. The number of benzene rings is 3. The molecule has 62 heavy (non-hydrogen) atoms. The molecule has 1 saturated carbocycles. The summed E-state index contributed by atoms with van der Waals surface area (Å²) in [5.41, 5.74) is 8.22. The van der Waals surface area contributed by atoms with E-state index in [-0.39, 0.29) is 41.6 Å². The van der Waals surface area contributed by atoms with Crippen LogP contribution in [0.25, 0.3) is 33.6 Å². The molecule has 10 rings (SSSR count). The second kappa shape index (κ2) is 16.0. The molecule has 3 fully saturated rings. The van der Waals surface area contributed by atoms with Crippen molar-refractivity contribution < 1.29 is 33.4 Å². The van der Waals surface area contributed by atoms with Crippen molar-refractivity contribution in [3.8, 4) is 45.1 Å². The van der Waals surface area contributed by atoms with E-state index in [1.165, 1.54) is 7.11 Å². The van der Waals surface area contributed by atoms with Gasteiger partial charge in [-0.2, -0.15) is 0 Å². The molecule has 3 aromatic carbocycles. The van der Waals surface area contributed by atoms with E-state index in [4.69, 9.17) is 24.2 Å². The van der Waals surface area contributed by atoms with Crippen LogP contribution in [0.1, 0.15) is 98.8 Å². The molecule has 1 aliphatic carbocycles. The Balaban J connectivity index is 0.875. The van der Waals surface area contributed by atoms with Gasteiger partial charge in [0.05, 0.1) is 43.0 Å². The van der Waals surface area contributed by atoms with E-state index in [0.29, 0.717) is 38.0 Å². The topological polar surface area (TPSA) is 184 Å². The van der Waals surface area contributed by atoms with Gasteiger partial charge >= 0.3 is 6.09 Å². The molecule has 2 saturated heterocycles. The van der Waals surface area contributed by atoms with E-state index < -0.39 is 18.2 Å². The highest BCUT2D eigenvalue weighted by atomic mass is 16.5. The number of H-pyrrole nitrogens is 2. The average Bonchev–Trinajstić information content (AvgIpc) is 3.74. The molecule has 4 atom stereocenters. The molecule has 4 N–H and O–H groups in total. The number of rotatable bonds is 11. The van der Waals surface area contributed by atoms with E-state index in [9.17, 15) is 19.2 Å². The van der Waals surface area contributed by atoms with Gasteiger partial charge in [0.25, 0.3) is 0 Å². The van der Waals surface area contributed by atoms with Crippen LogP contribution in [0.4, 0.5) is 4.79 Å². The highest BCUT2D eigenvalue weighted by Gasteiger charge is 2.40. The van der Waals surface area contributed by atoms with Crippen LogP contribution in [-0.2, 0) is 32.3 Å². The van der Waals surface area contributed by atoms with Crippen LogP contribution in [0.2, 0.25) is 0 Å². The Bertz CT molecular complexity index is 2510. The highest BCUT2D eigenvalue weighted by Crippen LogP contribution is 2.51. The smallest absolute Gasteiger partial charge is 0.407 e. The normalized spacial score (nSPS) is 19.6. The van der Waals surface area contributed by atoms with Gasteiger partial charge in [0.15, 0.2) is 0 Å². The molecule has 0 radical (unpaired) electrons. The molecule has 320 valence electrons. The number of likely N-dealkylation sites (tertiary alicyclic amines) is 2. The van der Waals surface area contributed by atoms with E-state index in [2.05, 4.69) is 32.7 Å². The summed E-state index contributed by atoms with van der Waals surface area (Å²) in [5, 5.41) is 5.76. The number of nitrogens with one attached hydrogen (secondary N) is 4. The Hall–Kier alpha value is -6.64. The van der Waals surface area contributed by atoms with Gasteiger partial charge in [-0.25, -0.2) is 14.8 Å². The van der Waals surface area contributed by atoms with Gasteiger partial charge in [-0.15, -0.1) is 0 Å². The number of nitrogens with zero attached hydrogens (tertiary/aromatic N) is 4. The van der Waals surface area contributed by atoms with Crippen molar-refractivity contribution in [2.45, 2.75) is 89.8 Å². The third-order valence-corrected chi connectivity index (χ3v) is 12.9. The summed E-state index contributed by atoms with van der Waals surface area (Å²) in [6.07, 6.45) is 7.87. The van der Waals surface area contributed by atoms with Crippen molar-refractivity contribution in [3.63, 3.8) is 0 Å². The lowest BCUT2D eigenvalue weighted by Gasteiger charge is -2.30. The van der Waals surface area contributed by atoms with Gasteiger partial charge in [-0.3, -0.25) is 14.4 Å². The van der Waals surface area contributed by atoms with Gasteiger partial charge in [0.2, 0.25) is 17.7 Å². The number of hydrogen-bond acceptors (Lipinski definition) is 9.